The molecule has 228 valence electrons. The Bertz CT molecular complexity index is 3110. The standard InChI is InChI=1S/C44H25N3O2/c1-2-11-26(12-3-1)41-33-15-4-7-18-35(33)45-44(46-41)47-36-24-23-32-30-14-6-9-20-39(30)49-43(32)40(36)34-22-21-27(25-37(34)47)28-16-10-17-31-29-13-5-8-19-38(29)48-42(28)31/h1-25H. The van der Waals surface area contributed by atoms with Crippen molar-refractivity contribution in [3.63, 3.8) is 0 Å². The molecule has 0 aliphatic carbocycles. The van der Waals surface area contributed by atoms with Crippen LogP contribution in [0.2, 0.25) is 0 Å². The van der Waals surface area contributed by atoms with Crippen molar-refractivity contribution in [3.8, 4) is 28.3 Å². The van der Waals surface area contributed by atoms with Gasteiger partial charge in [-0.05, 0) is 42.0 Å². The van der Waals surface area contributed by atoms with Crippen molar-refractivity contribution in [2.75, 3.05) is 0 Å². The van der Waals surface area contributed by atoms with E-state index in [1.54, 1.807) is 0 Å². The first-order chi connectivity index (χ1) is 24.3. The summed E-state index contributed by atoms with van der Waals surface area (Å²) in [5.41, 5.74) is 10.4. The van der Waals surface area contributed by atoms with E-state index in [1.807, 2.05) is 42.5 Å². The molecular formula is C44H25N3O2. The molecule has 7 aromatic carbocycles. The highest BCUT2D eigenvalue weighted by molar-refractivity contribution is 6.24. The summed E-state index contributed by atoms with van der Waals surface area (Å²) < 4.78 is 15.3. The highest BCUT2D eigenvalue weighted by Crippen LogP contribution is 2.43. The van der Waals surface area contributed by atoms with Crippen LogP contribution in [0.25, 0.3) is 105 Å². The molecule has 0 aliphatic rings. The van der Waals surface area contributed by atoms with Gasteiger partial charge in [0.05, 0.1) is 27.6 Å². The van der Waals surface area contributed by atoms with Gasteiger partial charge in [0.15, 0.2) is 0 Å². The zero-order chi connectivity index (χ0) is 32.1. The molecule has 5 heteroatoms. The minimum atomic E-state index is 0.604. The molecule has 0 aliphatic heterocycles. The maximum atomic E-state index is 6.62. The average Bonchev–Trinajstić information content (AvgIpc) is 3.84. The third-order valence-electron chi connectivity index (χ3n) is 9.83. The quantitative estimate of drug-likeness (QED) is 0.196. The van der Waals surface area contributed by atoms with Gasteiger partial charge >= 0.3 is 0 Å². The van der Waals surface area contributed by atoms with E-state index in [4.69, 9.17) is 18.8 Å². The maximum absolute atomic E-state index is 6.62. The molecule has 0 fully saturated rings. The maximum Gasteiger partial charge on any atom is 0.235 e. The molecule has 0 saturated heterocycles. The second kappa shape index (κ2) is 9.89. The Hall–Kier alpha value is -6.72. The summed E-state index contributed by atoms with van der Waals surface area (Å²) in [6.07, 6.45) is 0. The van der Waals surface area contributed by atoms with Gasteiger partial charge in [-0.15, -0.1) is 0 Å². The monoisotopic (exact) mass is 627 g/mol. The minimum Gasteiger partial charge on any atom is -0.455 e. The molecule has 0 radical (unpaired) electrons. The molecule has 4 aromatic heterocycles. The molecule has 5 nitrogen and oxygen atoms in total. The summed E-state index contributed by atoms with van der Waals surface area (Å²) in [4.78, 5) is 10.5. The minimum absolute atomic E-state index is 0.604. The number of fused-ring (bicyclic) bond motifs is 11. The molecule has 0 amide bonds. The van der Waals surface area contributed by atoms with E-state index < -0.39 is 0 Å². The molecule has 4 heterocycles. The number of rotatable bonds is 3. The predicted molar refractivity (Wildman–Crippen MR) is 199 cm³/mol. The van der Waals surface area contributed by atoms with Gasteiger partial charge in [-0.1, -0.05) is 115 Å². The van der Waals surface area contributed by atoms with Crippen molar-refractivity contribution in [1.82, 2.24) is 14.5 Å². The van der Waals surface area contributed by atoms with E-state index in [1.165, 1.54) is 0 Å². The number of hydrogen-bond donors (Lipinski definition) is 0. The third-order valence-corrected chi connectivity index (χ3v) is 9.83. The van der Waals surface area contributed by atoms with Gasteiger partial charge in [0.2, 0.25) is 5.95 Å². The normalized spacial score (nSPS) is 12.1. The fraction of sp³-hybridized carbons (Fsp3) is 0. The number of aromatic nitrogens is 3. The molecule has 49 heavy (non-hydrogen) atoms. The van der Waals surface area contributed by atoms with Crippen LogP contribution in [0.1, 0.15) is 0 Å². The topological polar surface area (TPSA) is 57.0 Å². The average molecular weight is 628 g/mol. The Kier molecular flexibility index (Phi) is 5.32. The highest BCUT2D eigenvalue weighted by Gasteiger charge is 2.22. The number of hydrogen-bond acceptors (Lipinski definition) is 4. The van der Waals surface area contributed by atoms with E-state index in [0.29, 0.717) is 5.95 Å². The summed E-state index contributed by atoms with van der Waals surface area (Å²) >= 11 is 0. The van der Waals surface area contributed by atoms with Crippen LogP contribution in [0.3, 0.4) is 0 Å². The van der Waals surface area contributed by atoms with Crippen LogP contribution in [-0.2, 0) is 0 Å². The number of nitrogens with zero attached hydrogens (tertiary/aromatic N) is 3. The Morgan fingerprint density at radius 2 is 1.08 bits per heavy atom. The molecular weight excluding hydrogens is 603 g/mol. The fourth-order valence-electron chi connectivity index (χ4n) is 7.62. The van der Waals surface area contributed by atoms with Crippen molar-refractivity contribution in [1.29, 1.82) is 0 Å². The van der Waals surface area contributed by atoms with Crippen molar-refractivity contribution in [2.24, 2.45) is 0 Å². The lowest BCUT2D eigenvalue weighted by atomic mass is 10.0. The second-order valence-corrected chi connectivity index (χ2v) is 12.5. The summed E-state index contributed by atoms with van der Waals surface area (Å²) in [7, 11) is 0. The molecule has 0 spiro atoms. The second-order valence-electron chi connectivity index (χ2n) is 12.5. The van der Waals surface area contributed by atoms with Crippen LogP contribution in [0.4, 0.5) is 0 Å². The first kappa shape index (κ1) is 26.4. The molecule has 0 saturated carbocycles. The van der Waals surface area contributed by atoms with Gasteiger partial charge in [0.1, 0.15) is 22.3 Å². The third kappa shape index (κ3) is 3.75. The van der Waals surface area contributed by atoms with Crippen LogP contribution in [0.5, 0.6) is 0 Å². The van der Waals surface area contributed by atoms with Crippen molar-refractivity contribution < 1.29 is 8.83 Å². The van der Waals surface area contributed by atoms with Gasteiger partial charge in [-0.25, -0.2) is 9.97 Å². The lowest BCUT2D eigenvalue weighted by Crippen LogP contribution is -2.03. The van der Waals surface area contributed by atoms with Crippen LogP contribution < -0.4 is 0 Å². The Morgan fingerprint density at radius 1 is 0.429 bits per heavy atom. The van der Waals surface area contributed by atoms with E-state index in [-0.39, 0.29) is 0 Å². The molecule has 0 unspecified atom stereocenters. The van der Waals surface area contributed by atoms with Crippen molar-refractivity contribution >= 4 is 76.6 Å². The van der Waals surface area contributed by atoms with E-state index in [2.05, 4.69) is 114 Å². The van der Waals surface area contributed by atoms with E-state index in [9.17, 15) is 0 Å². The smallest absolute Gasteiger partial charge is 0.235 e. The SMILES string of the molecule is c1ccc(-c2nc(-n3c4cc(-c5cccc6c5oc5ccccc56)ccc4c4c5oc6ccccc6c5ccc43)nc3ccccc23)cc1. The fourth-order valence-corrected chi connectivity index (χ4v) is 7.62. The van der Waals surface area contributed by atoms with E-state index in [0.717, 1.165) is 99.0 Å². The predicted octanol–water partition coefficient (Wildman–Crippen LogP) is 11.9. The van der Waals surface area contributed by atoms with Gasteiger partial charge in [0.25, 0.3) is 0 Å². The molecule has 0 atom stereocenters. The largest absolute Gasteiger partial charge is 0.455 e. The zero-order valence-electron chi connectivity index (χ0n) is 26.1. The Balaban J connectivity index is 1.27. The summed E-state index contributed by atoms with van der Waals surface area (Å²) in [5, 5.41) is 7.51. The van der Waals surface area contributed by atoms with Crippen LogP contribution in [-0.4, -0.2) is 14.5 Å². The van der Waals surface area contributed by atoms with Crippen molar-refractivity contribution in [3.05, 3.63) is 152 Å². The number of furan rings is 2. The van der Waals surface area contributed by atoms with E-state index >= 15 is 0 Å². The molecule has 11 aromatic rings. The Morgan fingerprint density at radius 3 is 1.90 bits per heavy atom. The van der Waals surface area contributed by atoms with Gasteiger partial charge in [-0.3, -0.25) is 4.57 Å². The zero-order valence-corrected chi connectivity index (χ0v) is 26.1. The van der Waals surface area contributed by atoms with Gasteiger partial charge < -0.3 is 8.83 Å². The lowest BCUT2D eigenvalue weighted by molar-refractivity contribution is 0.670. The first-order valence-corrected chi connectivity index (χ1v) is 16.4. The summed E-state index contributed by atoms with van der Waals surface area (Å²) in [6, 6.07) is 52.4. The highest BCUT2D eigenvalue weighted by atomic mass is 16.3. The Labute approximate surface area is 279 Å². The van der Waals surface area contributed by atoms with Gasteiger partial charge in [-0.2, -0.15) is 0 Å². The van der Waals surface area contributed by atoms with Crippen molar-refractivity contribution in [2.45, 2.75) is 0 Å². The molecule has 11 rings (SSSR count). The molecule has 0 bridgehead atoms. The first-order valence-electron chi connectivity index (χ1n) is 16.4. The van der Waals surface area contributed by atoms with Crippen LogP contribution in [0, 0.1) is 0 Å². The lowest BCUT2D eigenvalue weighted by Gasteiger charge is -2.12. The van der Waals surface area contributed by atoms with Crippen LogP contribution >= 0.6 is 0 Å². The molecule has 0 N–H and O–H groups in total. The number of benzene rings is 7. The summed E-state index contributed by atoms with van der Waals surface area (Å²) in [5.74, 6) is 0.604. The van der Waals surface area contributed by atoms with Crippen LogP contribution in [0.15, 0.2) is 160 Å². The van der Waals surface area contributed by atoms with Gasteiger partial charge in [0, 0.05) is 43.4 Å². The summed E-state index contributed by atoms with van der Waals surface area (Å²) in [6.45, 7) is 0. The number of para-hydroxylation sites is 4.